The number of hydrogen-bond acceptors (Lipinski definition) is 4. The van der Waals surface area contributed by atoms with Crippen LogP contribution in [0, 0.1) is 11.8 Å². The van der Waals surface area contributed by atoms with Gasteiger partial charge in [-0.15, -0.1) is 11.8 Å². The van der Waals surface area contributed by atoms with Crippen molar-refractivity contribution in [3.05, 3.63) is 180 Å². The van der Waals surface area contributed by atoms with Crippen molar-refractivity contribution in [3.8, 4) is 11.1 Å². The van der Waals surface area contributed by atoms with E-state index in [0.29, 0.717) is 35.1 Å². The highest BCUT2D eigenvalue weighted by molar-refractivity contribution is 8.03. The Morgan fingerprint density at radius 3 is 2.29 bits per heavy atom. The smallest absolute Gasteiger partial charge is 0.0514 e. The molecule has 1 saturated heterocycles. The van der Waals surface area contributed by atoms with E-state index in [1.165, 1.54) is 62.1 Å². The maximum atomic E-state index is 2.75. The molecule has 10 rings (SSSR count). The molecule has 2 heterocycles. The zero-order chi connectivity index (χ0) is 34.4. The van der Waals surface area contributed by atoms with Crippen LogP contribution >= 0.6 is 23.5 Å². The average molecular weight is 713 g/mol. The third kappa shape index (κ3) is 5.85. The fourth-order valence-corrected chi connectivity index (χ4v) is 12.6. The number of fused-ring (bicyclic) bond motifs is 6. The minimum Gasteiger partial charge on any atom is -0.361 e. The van der Waals surface area contributed by atoms with Crippen LogP contribution in [0.25, 0.3) is 11.1 Å². The van der Waals surface area contributed by atoms with Crippen molar-refractivity contribution in [1.82, 2.24) is 0 Å². The van der Waals surface area contributed by atoms with Gasteiger partial charge < -0.3 is 9.80 Å². The lowest BCUT2D eigenvalue weighted by Gasteiger charge is -2.44. The number of anilines is 3. The second-order valence-corrected chi connectivity index (χ2v) is 17.4. The number of rotatable bonds is 7. The summed E-state index contributed by atoms with van der Waals surface area (Å²) >= 11 is 4.21. The molecule has 0 spiro atoms. The molecule has 4 aromatic carbocycles. The van der Waals surface area contributed by atoms with E-state index in [1.807, 2.05) is 11.8 Å². The fraction of sp³-hybridized carbons (Fsp3) is 0.250. The van der Waals surface area contributed by atoms with Gasteiger partial charge in [0.05, 0.1) is 6.04 Å². The third-order valence-electron chi connectivity index (χ3n) is 11.9. The molecule has 4 aromatic rings. The van der Waals surface area contributed by atoms with E-state index in [4.69, 9.17) is 0 Å². The first-order valence-electron chi connectivity index (χ1n) is 19.1. The Balaban J connectivity index is 1.06. The number of para-hydroxylation sites is 1. The van der Waals surface area contributed by atoms with Gasteiger partial charge in [0.15, 0.2) is 0 Å². The van der Waals surface area contributed by atoms with Crippen molar-refractivity contribution in [3.63, 3.8) is 0 Å². The van der Waals surface area contributed by atoms with E-state index in [0.717, 1.165) is 24.5 Å². The zero-order valence-corrected chi connectivity index (χ0v) is 31.0. The van der Waals surface area contributed by atoms with Crippen molar-refractivity contribution < 1.29 is 0 Å². The molecule has 0 N–H and O–H groups in total. The van der Waals surface area contributed by atoms with Gasteiger partial charge in [-0.3, -0.25) is 0 Å². The molecular formula is C48H44N2S2. The van der Waals surface area contributed by atoms with Crippen LogP contribution in [-0.2, 0) is 0 Å². The third-order valence-corrected chi connectivity index (χ3v) is 14.8. The number of benzene rings is 4. The van der Waals surface area contributed by atoms with Gasteiger partial charge in [-0.05, 0) is 108 Å². The second kappa shape index (κ2) is 13.9. The first kappa shape index (κ1) is 32.3. The average Bonchev–Trinajstić information content (AvgIpc) is 3.78. The Kier molecular flexibility index (Phi) is 8.61. The first-order valence-corrected chi connectivity index (χ1v) is 20.9. The van der Waals surface area contributed by atoms with Gasteiger partial charge in [0.2, 0.25) is 0 Å². The van der Waals surface area contributed by atoms with Crippen molar-refractivity contribution >= 4 is 40.6 Å². The summed E-state index contributed by atoms with van der Waals surface area (Å²) in [5.41, 5.74) is 9.05. The predicted octanol–water partition coefficient (Wildman–Crippen LogP) is 12.6. The van der Waals surface area contributed by atoms with E-state index >= 15 is 0 Å². The summed E-state index contributed by atoms with van der Waals surface area (Å²) in [6, 6.07) is 39.2. The van der Waals surface area contributed by atoms with Crippen LogP contribution in [0.15, 0.2) is 179 Å². The van der Waals surface area contributed by atoms with E-state index in [1.54, 1.807) is 0 Å². The highest BCUT2D eigenvalue weighted by Gasteiger charge is 2.44. The summed E-state index contributed by atoms with van der Waals surface area (Å²) < 4.78 is 0. The van der Waals surface area contributed by atoms with Crippen LogP contribution in [-0.4, -0.2) is 22.6 Å². The lowest BCUT2D eigenvalue weighted by Crippen LogP contribution is -2.46. The Morgan fingerprint density at radius 1 is 0.654 bits per heavy atom. The SMILES string of the molecule is C1=CCC(N(c2ccccc2)C2CCC=C3Sc4ccc(N(C5=CC6C(C=C5)SC5CCC=CC56)c5ccc(-c6ccccc6)cc5)cc4C32)C=C1. The van der Waals surface area contributed by atoms with E-state index < -0.39 is 0 Å². The maximum Gasteiger partial charge on any atom is 0.0514 e. The summed E-state index contributed by atoms with van der Waals surface area (Å²) in [5.74, 6) is 1.48. The number of hydrogen-bond donors (Lipinski definition) is 0. The van der Waals surface area contributed by atoms with Gasteiger partial charge in [-0.25, -0.2) is 0 Å². The molecule has 0 radical (unpaired) electrons. The Bertz CT molecular complexity index is 2130. The van der Waals surface area contributed by atoms with Crippen LogP contribution in [0.4, 0.5) is 17.1 Å². The van der Waals surface area contributed by atoms with Gasteiger partial charge in [0.1, 0.15) is 0 Å². The molecule has 2 aliphatic heterocycles. The molecule has 1 fully saturated rings. The van der Waals surface area contributed by atoms with E-state index in [-0.39, 0.29) is 0 Å². The standard InChI is InChI=1S/C48H44N2S2/c1-4-13-33(14-5-1)34-23-25-37(26-24-34)49(38-27-29-45-41(31-38)40-19-10-11-21-44(40)51-45)39-28-30-46-42(32-39)48-43(20-12-22-47(48)52-46)50(35-15-6-2-7-16-35)36-17-8-3-9-18-36/h1-10,13-17,19,22-32,36,40-41,43-45,48H,11-12,18,20-21H2. The molecule has 0 bridgehead atoms. The molecule has 7 unspecified atom stereocenters. The normalized spacial score (nSPS) is 28.0. The second-order valence-electron chi connectivity index (χ2n) is 14.9. The van der Waals surface area contributed by atoms with Crippen LogP contribution in [0.3, 0.4) is 0 Å². The highest BCUT2D eigenvalue weighted by Crippen LogP contribution is 2.56. The first-order chi connectivity index (χ1) is 25.8. The Labute approximate surface area is 317 Å². The lowest BCUT2D eigenvalue weighted by atomic mass is 9.80. The number of thioether (sulfide) groups is 2. The molecule has 4 aliphatic carbocycles. The van der Waals surface area contributed by atoms with Crippen LogP contribution in [0.2, 0.25) is 0 Å². The van der Waals surface area contributed by atoms with E-state index in [9.17, 15) is 0 Å². The molecule has 52 heavy (non-hydrogen) atoms. The quantitative estimate of drug-likeness (QED) is 0.176. The van der Waals surface area contributed by atoms with Crippen LogP contribution in [0.1, 0.15) is 43.6 Å². The van der Waals surface area contributed by atoms with Crippen LogP contribution in [0.5, 0.6) is 0 Å². The minimum atomic E-state index is 0.343. The Hall–Kier alpha value is -4.38. The molecular weight excluding hydrogens is 669 g/mol. The molecule has 258 valence electrons. The van der Waals surface area contributed by atoms with Gasteiger partial charge in [0, 0.05) is 56.0 Å². The molecule has 7 atom stereocenters. The van der Waals surface area contributed by atoms with Gasteiger partial charge in [-0.1, -0.05) is 127 Å². The zero-order valence-electron chi connectivity index (χ0n) is 29.4. The van der Waals surface area contributed by atoms with E-state index in [2.05, 4.69) is 185 Å². The predicted molar refractivity (Wildman–Crippen MR) is 224 cm³/mol. The summed E-state index contributed by atoms with van der Waals surface area (Å²) in [6.07, 6.45) is 30.0. The number of allylic oxidation sites excluding steroid dienone is 7. The molecule has 6 aliphatic rings. The minimum absolute atomic E-state index is 0.343. The van der Waals surface area contributed by atoms with Crippen molar-refractivity contribution in [2.45, 2.75) is 65.5 Å². The fourth-order valence-electron chi connectivity index (χ4n) is 9.52. The lowest BCUT2D eigenvalue weighted by molar-refractivity contribution is 0.465. The van der Waals surface area contributed by atoms with Gasteiger partial charge in [-0.2, -0.15) is 0 Å². The molecule has 4 heteroatoms. The Morgan fingerprint density at radius 2 is 1.46 bits per heavy atom. The molecule has 0 saturated carbocycles. The van der Waals surface area contributed by atoms with Gasteiger partial charge in [0.25, 0.3) is 0 Å². The summed E-state index contributed by atoms with van der Waals surface area (Å²) in [6.45, 7) is 0. The molecule has 0 aromatic heterocycles. The van der Waals surface area contributed by atoms with Gasteiger partial charge >= 0.3 is 0 Å². The van der Waals surface area contributed by atoms with Crippen molar-refractivity contribution in [2.75, 3.05) is 9.80 Å². The topological polar surface area (TPSA) is 6.48 Å². The summed E-state index contributed by atoms with van der Waals surface area (Å²) in [7, 11) is 0. The number of nitrogens with zero attached hydrogens (tertiary/aromatic N) is 2. The molecule has 0 amide bonds. The van der Waals surface area contributed by atoms with Crippen LogP contribution < -0.4 is 9.80 Å². The summed E-state index contributed by atoms with van der Waals surface area (Å²) in [4.78, 5) is 8.23. The largest absolute Gasteiger partial charge is 0.361 e. The monoisotopic (exact) mass is 712 g/mol. The van der Waals surface area contributed by atoms with Crippen molar-refractivity contribution in [2.24, 2.45) is 11.8 Å². The van der Waals surface area contributed by atoms with Crippen molar-refractivity contribution in [1.29, 1.82) is 0 Å². The summed E-state index contributed by atoms with van der Waals surface area (Å²) in [5, 5.41) is 1.29. The maximum absolute atomic E-state index is 2.75. The highest BCUT2D eigenvalue weighted by atomic mass is 32.2. The molecule has 2 nitrogen and oxygen atoms in total.